The van der Waals surface area contributed by atoms with Crippen molar-refractivity contribution in [3.63, 3.8) is 0 Å². The fourth-order valence-electron chi connectivity index (χ4n) is 3.72. The Balaban J connectivity index is 1.64. The number of fused-ring (bicyclic) bond motifs is 2. The van der Waals surface area contributed by atoms with E-state index in [0.717, 1.165) is 41.4 Å². The van der Waals surface area contributed by atoms with E-state index < -0.39 is 5.97 Å². The molecule has 1 heterocycles. The van der Waals surface area contributed by atoms with Crippen LogP contribution < -0.4 is 0 Å². The quantitative estimate of drug-likeness (QED) is 0.459. The molecule has 2 aromatic carbocycles. The van der Waals surface area contributed by atoms with Crippen LogP contribution in [0.4, 0.5) is 0 Å². The van der Waals surface area contributed by atoms with Crippen molar-refractivity contribution in [2.24, 2.45) is 5.92 Å². The average molecular weight is 394 g/mol. The lowest BCUT2D eigenvalue weighted by atomic mass is 9.84. The van der Waals surface area contributed by atoms with Crippen LogP contribution in [0.2, 0.25) is 5.02 Å². The van der Waals surface area contributed by atoms with Gasteiger partial charge in [-0.2, -0.15) is 0 Å². The zero-order valence-electron chi connectivity index (χ0n) is 15.6. The molecule has 0 aliphatic heterocycles. The molecule has 1 unspecified atom stereocenters. The van der Waals surface area contributed by atoms with Crippen LogP contribution in [0.1, 0.15) is 45.3 Å². The molecule has 0 N–H and O–H groups in total. The molecule has 0 radical (unpaired) electrons. The number of aromatic nitrogens is 1. The van der Waals surface area contributed by atoms with Crippen molar-refractivity contribution in [1.82, 2.24) is 4.98 Å². The second kappa shape index (κ2) is 7.72. The summed E-state index contributed by atoms with van der Waals surface area (Å²) in [6.07, 6.45) is 2.70. The van der Waals surface area contributed by atoms with E-state index in [4.69, 9.17) is 21.3 Å². The summed E-state index contributed by atoms with van der Waals surface area (Å²) in [4.78, 5) is 30.1. The van der Waals surface area contributed by atoms with E-state index in [-0.39, 0.29) is 12.4 Å². The molecule has 0 fully saturated rings. The van der Waals surface area contributed by atoms with E-state index in [1.807, 2.05) is 24.3 Å². The van der Waals surface area contributed by atoms with Crippen LogP contribution in [0, 0.1) is 5.92 Å². The van der Waals surface area contributed by atoms with Gasteiger partial charge in [0, 0.05) is 21.7 Å². The summed E-state index contributed by atoms with van der Waals surface area (Å²) in [5, 5.41) is 1.33. The smallest absolute Gasteiger partial charge is 0.339 e. The van der Waals surface area contributed by atoms with E-state index >= 15 is 0 Å². The second-order valence-corrected chi connectivity index (χ2v) is 7.72. The Morgan fingerprint density at radius 2 is 1.89 bits per heavy atom. The molecule has 28 heavy (non-hydrogen) atoms. The molecule has 1 aliphatic carbocycles. The van der Waals surface area contributed by atoms with Crippen molar-refractivity contribution in [3.05, 3.63) is 75.9 Å². The number of ether oxygens (including phenoxy) is 1. The molecule has 5 heteroatoms. The number of aryl methyl sites for hydroxylation is 1. The monoisotopic (exact) mass is 393 g/mol. The number of para-hydroxylation sites is 1. The second-order valence-electron chi connectivity index (χ2n) is 7.28. The van der Waals surface area contributed by atoms with E-state index in [0.29, 0.717) is 22.1 Å². The fourth-order valence-corrected chi connectivity index (χ4v) is 3.84. The zero-order valence-corrected chi connectivity index (χ0v) is 16.3. The van der Waals surface area contributed by atoms with Crippen molar-refractivity contribution in [2.45, 2.75) is 26.2 Å². The minimum Gasteiger partial charge on any atom is -0.454 e. The first-order valence-corrected chi connectivity index (χ1v) is 9.77. The van der Waals surface area contributed by atoms with Gasteiger partial charge in [-0.3, -0.25) is 9.78 Å². The first-order valence-electron chi connectivity index (χ1n) is 9.39. The molecule has 1 atom stereocenters. The number of esters is 1. The van der Waals surface area contributed by atoms with Crippen LogP contribution in [0.3, 0.4) is 0 Å². The zero-order chi connectivity index (χ0) is 19.7. The van der Waals surface area contributed by atoms with Gasteiger partial charge in [0.15, 0.2) is 12.4 Å². The van der Waals surface area contributed by atoms with Gasteiger partial charge in [-0.25, -0.2) is 4.79 Å². The van der Waals surface area contributed by atoms with Gasteiger partial charge in [-0.1, -0.05) is 36.7 Å². The SMILES string of the molecule is CC1CCc2nc3ccccc3c(C(=O)OCC(=O)c3ccc(Cl)cc3)c2C1. The van der Waals surface area contributed by atoms with Crippen molar-refractivity contribution >= 4 is 34.3 Å². The number of carbonyl (C=O) groups is 2. The average Bonchev–Trinajstić information content (AvgIpc) is 2.70. The molecule has 142 valence electrons. The Labute approximate surface area is 168 Å². The number of rotatable bonds is 4. The lowest BCUT2D eigenvalue weighted by Gasteiger charge is -2.24. The van der Waals surface area contributed by atoms with Gasteiger partial charge in [-0.15, -0.1) is 0 Å². The van der Waals surface area contributed by atoms with Gasteiger partial charge in [-0.05, 0) is 61.1 Å². The Hall–Kier alpha value is -2.72. The van der Waals surface area contributed by atoms with E-state index in [2.05, 4.69) is 6.92 Å². The number of benzene rings is 2. The van der Waals surface area contributed by atoms with E-state index in [9.17, 15) is 9.59 Å². The molecule has 4 rings (SSSR count). The van der Waals surface area contributed by atoms with Gasteiger partial charge in [0.2, 0.25) is 0 Å². The topological polar surface area (TPSA) is 56.3 Å². The molecule has 3 aromatic rings. The largest absolute Gasteiger partial charge is 0.454 e. The first kappa shape index (κ1) is 18.6. The van der Waals surface area contributed by atoms with Crippen molar-refractivity contribution in [2.75, 3.05) is 6.61 Å². The standard InChI is InChI=1S/C23H20ClNO3/c1-14-6-11-20-18(12-14)22(17-4-2-3-5-19(17)25-20)23(27)28-13-21(26)15-7-9-16(24)10-8-15/h2-5,7-10,14H,6,11-13H2,1H3. The number of carbonyl (C=O) groups excluding carboxylic acids is 2. The van der Waals surface area contributed by atoms with Crippen LogP contribution >= 0.6 is 11.6 Å². The minimum atomic E-state index is -0.466. The molecular formula is C23H20ClNO3. The predicted molar refractivity (Wildman–Crippen MR) is 109 cm³/mol. The van der Waals surface area contributed by atoms with E-state index in [1.54, 1.807) is 24.3 Å². The maximum absolute atomic E-state index is 13.0. The highest BCUT2D eigenvalue weighted by Gasteiger charge is 2.26. The molecule has 0 saturated heterocycles. The van der Waals surface area contributed by atoms with Crippen LogP contribution in [-0.4, -0.2) is 23.3 Å². The normalized spacial score (nSPS) is 15.9. The van der Waals surface area contributed by atoms with Gasteiger partial charge >= 0.3 is 5.97 Å². The predicted octanol–water partition coefficient (Wildman–Crippen LogP) is 5.05. The van der Waals surface area contributed by atoms with Gasteiger partial charge < -0.3 is 4.74 Å². The Morgan fingerprint density at radius 3 is 2.68 bits per heavy atom. The van der Waals surface area contributed by atoms with Crippen molar-refractivity contribution in [1.29, 1.82) is 0 Å². The molecular weight excluding hydrogens is 374 g/mol. The van der Waals surface area contributed by atoms with Crippen molar-refractivity contribution < 1.29 is 14.3 Å². The fraction of sp³-hybridized carbons (Fsp3) is 0.261. The van der Waals surface area contributed by atoms with Crippen molar-refractivity contribution in [3.8, 4) is 0 Å². The number of hydrogen-bond acceptors (Lipinski definition) is 4. The summed E-state index contributed by atoms with van der Waals surface area (Å²) in [5.41, 5.74) is 3.73. The van der Waals surface area contributed by atoms with Crippen LogP contribution in [0.25, 0.3) is 10.9 Å². The third kappa shape index (κ3) is 3.65. The van der Waals surface area contributed by atoms with Crippen LogP contribution in [0.15, 0.2) is 48.5 Å². The maximum Gasteiger partial charge on any atom is 0.339 e. The third-order valence-corrected chi connectivity index (χ3v) is 5.46. The molecule has 0 spiro atoms. The molecule has 1 aliphatic rings. The lowest BCUT2D eigenvalue weighted by Crippen LogP contribution is -2.21. The molecule has 1 aromatic heterocycles. The number of pyridine rings is 1. The summed E-state index contributed by atoms with van der Waals surface area (Å²) in [6, 6.07) is 14.1. The lowest BCUT2D eigenvalue weighted by molar-refractivity contribution is 0.0475. The summed E-state index contributed by atoms with van der Waals surface area (Å²) in [5.74, 6) is -0.241. The molecule has 0 amide bonds. The first-order chi connectivity index (χ1) is 13.5. The number of nitrogens with zero attached hydrogens (tertiary/aromatic N) is 1. The summed E-state index contributed by atoms with van der Waals surface area (Å²) < 4.78 is 5.43. The van der Waals surface area contributed by atoms with E-state index in [1.165, 1.54) is 0 Å². The third-order valence-electron chi connectivity index (χ3n) is 5.21. The van der Waals surface area contributed by atoms with Gasteiger partial charge in [0.25, 0.3) is 0 Å². The number of Topliss-reactive ketones (excluding diaryl/α,β-unsaturated/α-hetero) is 1. The number of hydrogen-bond donors (Lipinski definition) is 0. The van der Waals surface area contributed by atoms with Crippen LogP contribution in [0.5, 0.6) is 0 Å². The number of halogens is 1. The molecule has 4 nitrogen and oxygen atoms in total. The Kier molecular flexibility index (Phi) is 5.14. The summed E-state index contributed by atoms with van der Waals surface area (Å²) in [7, 11) is 0. The van der Waals surface area contributed by atoms with Gasteiger partial charge in [0.1, 0.15) is 0 Å². The summed E-state index contributed by atoms with van der Waals surface area (Å²) in [6.45, 7) is 1.87. The molecule has 0 saturated carbocycles. The summed E-state index contributed by atoms with van der Waals surface area (Å²) >= 11 is 5.86. The maximum atomic E-state index is 13.0. The number of ketones is 1. The van der Waals surface area contributed by atoms with Crippen LogP contribution in [-0.2, 0) is 17.6 Å². The Bertz CT molecular complexity index is 1060. The highest BCUT2D eigenvalue weighted by atomic mass is 35.5. The van der Waals surface area contributed by atoms with Gasteiger partial charge in [0.05, 0.1) is 11.1 Å². The molecule has 0 bridgehead atoms. The minimum absolute atomic E-state index is 0.259. The Morgan fingerprint density at radius 1 is 1.14 bits per heavy atom. The highest BCUT2D eigenvalue weighted by molar-refractivity contribution is 6.30. The highest BCUT2D eigenvalue weighted by Crippen LogP contribution is 2.32.